The molecule has 208 valence electrons. The minimum atomic E-state index is -0.373. The van der Waals surface area contributed by atoms with Crippen LogP contribution in [0.1, 0.15) is 41.4 Å². The highest BCUT2D eigenvalue weighted by Gasteiger charge is 2.38. The first-order chi connectivity index (χ1) is 21.3. The van der Waals surface area contributed by atoms with Gasteiger partial charge in [-0.1, -0.05) is 24.3 Å². The van der Waals surface area contributed by atoms with Gasteiger partial charge in [-0.3, -0.25) is 19.2 Å². The van der Waals surface area contributed by atoms with Crippen molar-refractivity contribution in [3.05, 3.63) is 120 Å². The Morgan fingerprint density at radius 1 is 0.386 bits per heavy atom. The van der Waals surface area contributed by atoms with E-state index < -0.39 is 0 Å². The molecule has 0 bridgehead atoms. The molecule has 0 saturated carbocycles. The molecule has 5 aromatic carbocycles. The lowest BCUT2D eigenvalue weighted by atomic mass is 9.82. The molecule has 4 heterocycles. The van der Waals surface area contributed by atoms with Crippen LogP contribution in [0.15, 0.2) is 97.6 Å². The van der Waals surface area contributed by atoms with Crippen molar-refractivity contribution in [3.8, 4) is 0 Å². The van der Waals surface area contributed by atoms with Crippen LogP contribution >= 0.6 is 0 Å². The van der Waals surface area contributed by atoms with Gasteiger partial charge in [-0.2, -0.15) is 0 Å². The Morgan fingerprint density at radius 3 is 0.932 bits per heavy atom. The summed E-state index contributed by atoms with van der Waals surface area (Å²) >= 11 is 0. The number of rotatable bonds is 2. The number of hydrogen-bond acceptors (Lipinski definition) is 4. The first-order valence-corrected chi connectivity index (χ1v) is 14.2. The van der Waals surface area contributed by atoms with Crippen molar-refractivity contribution in [3.63, 3.8) is 0 Å². The lowest BCUT2D eigenvalue weighted by molar-refractivity contribution is -0.671. The molecule has 2 aromatic heterocycles. The largest absolute Gasteiger partial charge is 0.268 e. The van der Waals surface area contributed by atoms with Gasteiger partial charge >= 0.3 is 0 Å². The zero-order valence-electron chi connectivity index (χ0n) is 23.7. The lowest BCUT2D eigenvalue weighted by Crippen LogP contribution is -2.41. The Balaban J connectivity index is 1.31. The van der Waals surface area contributed by atoms with E-state index in [4.69, 9.17) is 0 Å². The molecule has 44 heavy (non-hydrogen) atoms. The molecular weight excluding hydrogens is 552 g/mol. The van der Waals surface area contributed by atoms with Crippen molar-refractivity contribution >= 4 is 78.1 Å². The van der Waals surface area contributed by atoms with Crippen molar-refractivity contribution in [2.75, 3.05) is 9.80 Å². The molecule has 8 heteroatoms. The predicted molar refractivity (Wildman–Crippen MR) is 165 cm³/mol. The zero-order chi connectivity index (χ0) is 30.0. The number of hydrogen-bond donors (Lipinski definition) is 0. The van der Waals surface area contributed by atoms with E-state index in [0.717, 1.165) is 32.3 Å². The molecule has 0 aliphatic carbocycles. The summed E-state index contributed by atoms with van der Waals surface area (Å²) in [6, 6.07) is 21.8. The highest BCUT2D eigenvalue weighted by molar-refractivity contribution is 6.45. The molecule has 9 rings (SSSR count). The first-order valence-electron chi connectivity index (χ1n) is 14.2. The van der Waals surface area contributed by atoms with Crippen LogP contribution in [0.5, 0.6) is 0 Å². The number of amides is 4. The number of imide groups is 2. The van der Waals surface area contributed by atoms with Crippen LogP contribution in [-0.2, 0) is 14.1 Å². The smallest absolute Gasteiger partial charge is 0.265 e. The Bertz CT molecular complexity index is 2190. The topological polar surface area (TPSA) is 82.5 Å². The normalized spacial score (nSPS) is 14.7. The number of nitrogens with zero attached hydrogens (tertiary/aromatic N) is 4. The van der Waals surface area contributed by atoms with Gasteiger partial charge < -0.3 is 0 Å². The molecule has 0 fully saturated rings. The van der Waals surface area contributed by atoms with Gasteiger partial charge in [0.15, 0.2) is 24.8 Å². The van der Waals surface area contributed by atoms with E-state index in [1.54, 1.807) is 73.3 Å². The summed E-state index contributed by atoms with van der Waals surface area (Å²) in [7, 11) is 3.75. The molecule has 0 N–H and O–H groups in total. The number of aryl methyl sites for hydroxylation is 2. The van der Waals surface area contributed by atoms with E-state index in [9.17, 15) is 19.2 Å². The van der Waals surface area contributed by atoms with Gasteiger partial charge in [0, 0.05) is 57.3 Å². The molecule has 8 nitrogen and oxygen atoms in total. The summed E-state index contributed by atoms with van der Waals surface area (Å²) in [6.07, 6.45) is 7.20. The van der Waals surface area contributed by atoms with Crippen molar-refractivity contribution in [1.82, 2.24) is 0 Å². The van der Waals surface area contributed by atoms with Gasteiger partial charge in [0.2, 0.25) is 0 Å². The predicted octanol–water partition coefficient (Wildman–Crippen LogP) is 4.99. The number of fused-ring (bicyclic) bond motifs is 2. The molecule has 4 amide bonds. The molecular formula is C36H22N4O4+2. The third-order valence-electron chi connectivity index (χ3n) is 9.07. The third kappa shape index (κ3) is 2.96. The number of aromatic nitrogens is 2. The van der Waals surface area contributed by atoms with E-state index in [1.165, 1.54) is 9.80 Å². The van der Waals surface area contributed by atoms with Crippen molar-refractivity contribution < 1.29 is 28.3 Å². The summed E-state index contributed by atoms with van der Waals surface area (Å²) in [6.45, 7) is 0. The van der Waals surface area contributed by atoms with E-state index in [-0.39, 0.29) is 23.6 Å². The Morgan fingerprint density at radius 2 is 0.659 bits per heavy atom. The zero-order valence-corrected chi connectivity index (χ0v) is 23.7. The summed E-state index contributed by atoms with van der Waals surface area (Å²) in [4.78, 5) is 57.9. The first kappa shape index (κ1) is 24.6. The minimum Gasteiger partial charge on any atom is -0.268 e. The van der Waals surface area contributed by atoms with Crippen molar-refractivity contribution in [2.45, 2.75) is 0 Å². The highest BCUT2D eigenvalue weighted by atomic mass is 16.2. The molecule has 7 aromatic rings. The maximum absolute atomic E-state index is 13.9. The number of carbonyl (C=O) groups excluding carboxylic acids is 4. The monoisotopic (exact) mass is 574 g/mol. The Kier molecular flexibility index (Phi) is 4.63. The standard InChI is InChI=1S/C36H22N4O4/c1-37-15-11-19(12-16-37)39-33(41)25-7-3-21-23-5-9-27-32-28(36(44)40(35(27)43)20-13-17-38(2)18-14-20)10-6-24(30(23)32)22-4-8-26(34(39)42)31(25)29(21)22/h3-18H,1-2H3/q+2. The highest BCUT2D eigenvalue weighted by Crippen LogP contribution is 2.46. The maximum atomic E-state index is 13.9. The fourth-order valence-electron chi connectivity index (χ4n) is 7.02. The second-order valence-corrected chi connectivity index (χ2v) is 11.5. The van der Waals surface area contributed by atoms with Crippen LogP contribution < -0.4 is 18.9 Å². The SMILES string of the molecule is C[n+]1ccc(N2C(=O)c3ccc4c5ccc6c7c(ccc(c8ccc(c3c48)C2=O)c75)C(=O)N(c2cc[n+](C)cc2)C6=O)cc1. The second kappa shape index (κ2) is 8.29. The molecule has 0 spiro atoms. The van der Waals surface area contributed by atoms with Crippen LogP contribution in [0, 0.1) is 0 Å². The van der Waals surface area contributed by atoms with Gasteiger partial charge in [0.1, 0.15) is 14.1 Å². The van der Waals surface area contributed by atoms with Crippen LogP contribution in [0.2, 0.25) is 0 Å². The van der Waals surface area contributed by atoms with Crippen LogP contribution in [0.4, 0.5) is 11.4 Å². The fraction of sp³-hybridized carbons (Fsp3) is 0.0556. The Labute approximate surface area is 249 Å². The summed E-state index contributed by atoms with van der Waals surface area (Å²) in [5.74, 6) is -1.49. The average Bonchev–Trinajstić information content (AvgIpc) is 3.03. The van der Waals surface area contributed by atoms with E-state index in [1.807, 2.05) is 47.5 Å². The van der Waals surface area contributed by atoms with Gasteiger partial charge in [-0.05, 0) is 56.6 Å². The molecule has 2 aliphatic rings. The number of carbonyl (C=O) groups is 4. The second-order valence-electron chi connectivity index (χ2n) is 11.5. The van der Waals surface area contributed by atoms with Gasteiger partial charge in [0.05, 0.1) is 11.4 Å². The molecule has 0 atom stereocenters. The van der Waals surface area contributed by atoms with Crippen LogP contribution in [0.25, 0.3) is 43.1 Å². The fourth-order valence-corrected chi connectivity index (χ4v) is 7.02. The van der Waals surface area contributed by atoms with Crippen molar-refractivity contribution in [2.24, 2.45) is 14.1 Å². The third-order valence-corrected chi connectivity index (χ3v) is 9.07. The molecule has 0 unspecified atom stereocenters. The number of benzene rings is 5. The molecule has 2 aliphatic heterocycles. The maximum Gasteiger partial charge on any atom is 0.265 e. The average molecular weight is 575 g/mol. The summed E-state index contributed by atoms with van der Waals surface area (Å²) < 4.78 is 3.69. The summed E-state index contributed by atoms with van der Waals surface area (Å²) in [5.41, 5.74) is 2.85. The quantitative estimate of drug-likeness (QED) is 0.126. The van der Waals surface area contributed by atoms with Gasteiger partial charge in [0.25, 0.3) is 23.6 Å². The van der Waals surface area contributed by atoms with Gasteiger partial charge in [-0.15, -0.1) is 0 Å². The number of pyridine rings is 2. The van der Waals surface area contributed by atoms with Crippen LogP contribution in [0.3, 0.4) is 0 Å². The molecule has 0 radical (unpaired) electrons. The lowest BCUT2D eigenvalue weighted by Gasteiger charge is -2.29. The van der Waals surface area contributed by atoms with E-state index in [2.05, 4.69) is 0 Å². The Hall–Kier alpha value is -6.02. The molecule has 0 saturated heterocycles. The number of anilines is 2. The van der Waals surface area contributed by atoms with Crippen LogP contribution in [-0.4, -0.2) is 23.6 Å². The van der Waals surface area contributed by atoms with Gasteiger partial charge in [-0.25, -0.2) is 18.9 Å². The summed E-state index contributed by atoms with van der Waals surface area (Å²) in [5, 5.41) is 6.33. The van der Waals surface area contributed by atoms with E-state index >= 15 is 0 Å². The van der Waals surface area contributed by atoms with Crippen molar-refractivity contribution in [1.29, 1.82) is 0 Å². The van der Waals surface area contributed by atoms with E-state index in [0.29, 0.717) is 44.4 Å². The minimum absolute atomic E-state index is 0.373.